The maximum Gasteiger partial charge on any atom is 0.321 e. The third kappa shape index (κ3) is 4.36. The van der Waals surface area contributed by atoms with E-state index in [4.69, 9.17) is 5.73 Å². The van der Waals surface area contributed by atoms with Gasteiger partial charge < -0.3 is 21.3 Å². The zero-order chi connectivity index (χ0) is 18.6. The number of nitrogens with one attached hydrogen (secondary N) is 2. The number of likely N-dealkylation sites (tertiary alicyclic amines) is 1. The van der Waals surface area contributed by atoms with E-state index in [-0.39, 0.29) is 23.4 Å². The summed E-state index contributed by atoms with van der Waals surface area (Å²) < 4.78 is 0. The number of anilines is 1. The predicted octanol–water partition coefficient (Wildman–Crippen LogP) is 2.63. The van der Waals surface area contributed by atoms with E-state index < -0.39 is 0 Å². The monoisotopic (exact) mass is 358 g/mol. The summed E-state index contributed by atoms with van der Waals surface area (Å²) in [6.07, 6.45) is 5.81. The first-order valence-corrected chi connectivity index (χ1v) is 9.66. The molecule has 3 rings (SSSR count). The lowest BCUT2D eigenvalue weighted by atomic mass is 9.93. The SMILES string of the molecule is Cc1cccc(NC(=O)N2CCCC(C(=O)NC3(CN)CCCC3)C2)c1. The van der Waals surface area contributed by atoms with Gasteiger partial charge in [0.05, 0.1) is 11.5 Å². The van der Waals surface area contributed by atoms with Gasteiger partial charge in [-0.25, -0.2) is 4.79 Å². The standard InChI is InChI=1S/C20H30N4O2/c1-15-6-4-8-17(12-15)22-19(26)24-11-5-7-16(13-24)18(25)23-20(14-21)9-2-3-10-20/h4,6,8,12,16H,2-3,5,7,9-11,13-14,21H2,1H3,(H,22,26)(H,23,25). The molecule has 2 aliphatic rings. The maximum atomic E-state index is 12.8. The van der Waals surface area contributed by atoms with Crippen LogP contribution in [0.2, 0.25) is 0 Å². The molecule has 1 saturated heterocycles. The largest absolute Gasteiger partial charge is 0.349 e. The fourth-order valence-electron chi connectivity index (χ4n) is 4.10. The fraction of sp³-hybridized carbons (Fsp3) is 0.600. The number of nitrogens with zero attached hydrogens (tertiary/aromatic N) is 1. The third-order valence-corrected chi connectivity index (χ3v) is 5.69. The summed E-state index contributed by atoms with van der Waals surface area (Å²) in [4.78, 5) is 27.1. The predicted molar refractivity (Wildman–Crippen MR) is 103 cm³/mol. The Hall–Kier alpha value is -2.08. The number of benzene rings is 1. The van der Waals surface area contributed by atoms with Gasteiger partial charge in [-0.15, -0.1) is 0 Å². The number of aryl methyl sites for hydroxylation is 1. The Morgan fingerprint density at radius 2 is 2.04 bits per heavy atom. The average Bonchev–Trinajstić information content (AvgIpc) is 3.11. The molecule has 1 heterocycles. The van der Waals surface area contributed by atoms with Crippen molar-refractivity contribution in [3.8, 4) is 0 Å². The molecular weight excluding hydrogens is 328 g/mol. The van der Waals surface area contributed by atoms with Gasteiger partial charge >= 0.3 is 6.03 Å². The third-order valence-electron chi connectivity index (χ3n) is 5.69. The van der Waals surface area contributed by atoms with Crippen molar-refractivity contribution >= 4 is 17.6 Å². The smallest absolute Gasteiger partial charge is 0.321 e. The molecule has 1 atom stereocenters. The first kappa shape index (κ1) is 18.7. The van der Waals surface area contributed by atoms with E-state index in [0.29, 0.717) is 19.6 Å². The molecule has 6 heteroatoms. The number of hydrogen-bond acceptors (Lipinski definition) is 3. The van der Waals surface area contributed by atoms with Crippen LogP contribution in [0.25, 0.3) is 0 Å². The van der Waals surface area contributed by atoms with Crippen molar-refractivity contribution in [3.05, 3.63) is 29.8 Å². The highest BCUT2D eigenvalue weighted by Crippen LogP contribution is 2.29. The van der Waals surface area contributed by atoms with Crippen LogP contribution in [0, 0.1) is 12.8 Å². The van der Waals surface area contributed by atoms with Gasteiger partial charge in [0.1, 0.15) is 0 Å². The van der Waals surface area contributed by atoms with E-state index in [9.17, 15) is 9.59 Å². The van der Waals surface area contributed by atoms with Crippen LogP contribution in [0.1, 0.15) is 44.1 Å². The lowest BCUT2D eigenvalue weighted by molar-refractivity contribution is -0.128. The van der Waals surface area contributed by atoms with E-state index in [1.54, 1.807) is 4.90 Å². The minimum absolute atomic E-state index is 0.0467. The summed E-state index contributed by atoms with van der Waals surface area (Å²) in [5, 5.41) is 6.15. The van der Waals surface area contributed by atoms with Gasteiger partial charge in [0, 0.05) is 25.3 Å². The molecule has 0 radical (unpaired) electrons. The topological polar surface area (TPSA) is 87.5 Å². The second kappa shape index (κ2) is 8.08. The Kier molecular flexibility index (Phi) is 5.81. The molecule has 2 fully saturated rings. The Morgan fingerprint density at radius 1 is 1.27 bits per heavy atom. The van der Waals surface area contributed by atoms with Gasteiger partial charge in [-0.2, -0.15) is 0 Å². The molecule has 26 heavy (non-hydrogen) atoms. The molecule has 0 spiro atoms. The zero-order valence-electron chi connectivity index (χ0n) is 15.6. The number of amides is 3. The summed E-state index contributed by atoms with van der Waals surface area (Å²) >= 11 is 0. The highest BCUT2D eigenvalue weighted by atomic mass is 16.2. The van der Waals surface area contributed by atoms with Crippen molar-refractivity contribution in [2.24, 2.45) is 11.7 Å². The van der Waals surface area contributed by atoms with Crippen LogP contribution >= 0.6 is 0 Å². The number of carbonyl (C=O) groups is 2. The van der Waals surface area contributed by atoms with E-state index in [1.807, 2.05) is 31.2 Å². The van der Waals surface area contributed by atoms with Crippen LogP contribution < -0.4 is 16.4 Å². The molecular formula is C20H30N4O2. The molecule has 4 N–H and O–H groups in total. The van der Waals surface area contributed by atoms with Crippen LogP contribution in [0.4, 0.5) is 10.5 Å². The Labute approximate surface area is 155 Å². The molecule has 1 aliphatic carbocycles. The summed E-state index contributed by atoms with van der Waals surface area (Å²) in [6, 6.07) is 7.60. The van der Waals surface area contributed by atoms with Crippen molar-refractivity contribution in [2.75, 3.05) is 25.0 Å². The second-order valence-corrected chi connectivity index (χ2v) is 7.77. The Balaban J connectivity index is 1.58. The number of carbonyl (C=O) groups excluding carboxylic acids is 2. The molecule has 1 saturated carbocycles. The van der Waals surface area contributed by atoms with E-state index in [2.05, 4.69) is 10.6 Å². The van der Waals surface area contributed by atoms with Gasteiger partial charge in [0.15, 0.2) is 0 Å². The first-order chi connectivity index (χ1) is 12.5. The maximum absolute atomic E-state index is 12.8. The number of piperidine rings is 1. The van der Waals surface area contributed by atoms with Crippen LogP contribution in [0.15, 0.2) is 24.3 Å². The number of rotatable bonds is 4. The summed E-state index contributed by atoms with van der Waals surface area (Å²) in [6.45, 7) is 3.63. The lowest BCUT2D eigenvalue weighted by Crippen LogP contribution is -2.55. The normalized spacial score (nSPS) is 22.1. The molecule has 6 nitrogen and oxygen atoms in total. The van der Waals surface area contributed by atoms with Gasteiger partial charge in [-0.1, -0.05) is 25.0 Å². The number of nitrogens with two attached hydrogens (primary N) is 1. The van der Waals surface area contributed by atoms with Crippen molar-refractivity contribution < 1.29 is 9.59 Å². The van der Waals surface area contributed by atoms with Crippen molar-refractivity contribution in [1.29, 1.82) is 0 Å². The average molecular weight is 358 g/mol. The van der Waals surface area contributed by atoms with Gasteiger partial charge in [-0.05, 0) is 50.3 Å². The Bertz CT molecular complexity index is 655. The molecule has 142 valence electrons. The van der Waals surface area contributed by atoms with Gasteiger partial charge in [-0.3, -0.25) is 4.79 Å². The second-order valence-electron chi connectivity index (χ2n) is 7.77. The van der Waals surface area contributed by atoms with E-state index in [0.717, 1.165) is 49.8 Å². The summed E-state index contributed by atoms with van der Waals surface area (Å²) in [7, 11) is 0. The quantitative estimate of drug-likeness (QED) is 0.773. The van der Waals surface area contributed by atoms with Crippen LogP contribution in [-0.4, -0.2) is 42.0 Å². The molecule has 1 unspecified atom stereocenters. The minimum Gasteiger partial charge on any atom is -0.349 e. The fourth-order valence-corrected chi connectivity index (χ4v) is 4.10. The van der Waals surface area contributed by atoms with E-state index in [1.165, 1.54) is 0 Å². The molecule has 1 aliphatic heterocycles. The molecule has 0 bridgehead atoms. The van der Waals surface area contributed by atoms with Crippen molar-refractivity contribution in [2.45, 2.75) is 51.0 Å². The molecule has 1 aromatic rings. The molecule has 0 aromatic heterocycles. The van der Waals surface area contributed by atoms with Crippen LogP contribution in [-0.2, 0) is 4.79 Å². The summed E-state index contributed by atoms with van der Waals surface area (Å²) in [5.41, 5.74) is 7.58. The van der Waals surface area contributed by atoms with Crippen molar-refractivity contribution in [1.82, 2.24) is 10.2 Å². The highest BCUT2D eigenvalue weighted by Gasteiger charge is 2.37. The highest BCUT2D eigenvalue weighted by molar-refractivity contribution is 5.90. The first-order valence-electron chi connectivity index (χ1n) is 9.66. The van der Waals surface area contributed by atoms with Crippen molar-refractivity contribution in [3.63, 3.8) is 0 Å². The Morgan fingerprint density at radius 3 is 2.73 bits per heavy atom. The number of urea groups is 1. The summed E-state index contributed by atoms with van der Waals surface area (Å²) in [5.74, 6) is -0.110. The zero-order valence-corrected chi connectivity index (χ0v) is 15.6. The van der Waals surface area contributed by atoms with Gasteiger partial charge in [0.25, 0.3) is 0 Å². The van der Waals surface area contributed by atoms with Gasteiger partial charge in [0.2, 0.25) is 5.91 Å². The lowest BCUT2D eigenvalue weighted by Gasteiger charge is -2.35. The minimum atomic E-state index is -0.233. The van der Waals surface area contributed by atoms with E-state index >= 15 is 0 Å². The number of hydrogen-bond donors (Lipinski definition) is 3. The molecule has 1 aromatic carbocycles. The van der Waals surface area contributed by atoms with Crippen LogP contribution in [0.5, 0.6) is 0 Å². The molecule has 3 amide bonds. The van der Waals surface area contributed by atoms with Crippen LogP contribution in [0.3, 0.4) is 0 Å².